The van der Waals surface area contributed by atoms with Crippen LogP contribution in [0, 0.1) is 19.7 Å². The second-order valence-electron chi connectivity index (χ2n) is 38.2. The number of carbonyl (C=O) groups excluding carboxylic acids is 12. The number of urea groups is 8. The van der Waals surface area contributed by atoms with Crippen molar-refractivity contribution in [1.82, 2.24) is 131 Å². The van der Waals surface area contributed by atoms with Crippen molar-refractivity contribution in [3.63, 3.8) is 0 Å². The normalized spacial score (nSPS) is 17.1. The highest BCUT2D eigenvalue weighted by Crippen LogP contribution is 2.23. The van der Waals surface area contributed by atoms with E-state index < -0.39 is 22.9 Å². The van der Waals surface area contributed by atoms with Crippen LogP contribution in [0.2, 0.25) is 0 Å². The Morgan fingerprint density at radius 1 is 0.503 bits per heavy atom. The zero-order chi connectivity index (χ0) is 113. The van der Waals surface area contributed by atoms with E-state index in [1.54, 1.807) is 96.7 Å². The minimum absolute atomic E-state index is 0.0249. The minimum Gasteiger partial charge on any atom is -0.340 e. The lowest BCUT2D eigenvalue weighted by molar-refractivity contribution is -0.131. The molecule has 10 aliphatic heterocycles. The highest BCUT2D eigenvalue weighted by Gasteiger charge is 2.45. The van der Waals surface area contributed by atoms with E-state index in [1.807, 2.05) is 176 Å². The minimum atomic E-state index is -0.735. The summed E-state index contributed by atoms with van der Waals surface area (Å²) in [5.41, 5.74) is 4.29. The Bertz CT molecular complexity index is 5370. The number of Topliss-reactive ketones (excluding diaryl/α,β-unsaturated/α-hetero) is 1. The molecule has 3 saturated heterocycles. The maximum Gasteiger partial charge on any atom is 0.348 e. The quantitative estimate of drug-likeness (QED) is 0.0499. The number of aryl methyl sites for hydroxylation is 2. The summed E-state index contributed by atoms with van der Waals surface area (Å²) in [6.45, 7) is 84.5. The van der Waals surface area contributed by atoms with Crippen LogP contribution in [0.3, 0.4) is 0 Å². The molecule has 44 nitrogen and oxygen atoms in total. The van der Waals surface area contributed by atoms with Crippen LogP contribution < -0.4 is 64.9 Å². The molecule has 1 unspecified atom stereocenters. The lowest BCUT2D eigenvalue weighted by Crippen LogP contribution is -2.48. The van der Waals surface area contributed by atoms with Gasteiger partial charge in [0.15, 0.2) is 16.8 Å². The summed E-state index contributed by atoms with van der Waals surface area (Å²) < 4.78 is 30.8. The number of rotatable bonds is 15. The molecule has 0 saturated carbocycles. The first-order chi connectivity index (χ1) is 67.8. The van der Waals surface area contributed by atoms with E-state index in [2.05, 4.69) is 152 Å². The number of ketones is 1. The lowest BCUT2D eigenvalue weighted by atomic mass is 10.1. The van der Waals surface area contributed by atoms with Crippen LogP contribution in [0.15, 0.2) is 175 Å². The number of hydrazone groups is 3. The number of aromatic amines is 1. The van der Waals surface area contributed by atoms with Crippen molar-refractivity contribution < 1.29 is 66.3 Å². The number of hydrogen-bond donors (Lipinski definition) is 10. The summed E-state index contributed by atoms with van der Waals surface area (Å²) in [6, 6.07) is 1.60. The Morgan fingerprint density at radius 3 is 1.37 bits per heavy atom. The Hall–Kier alpha value is -14.2. The fourth-order valence-corrected chi connectivity index (χ4v) is 13.1. The molecule has 10 aliphatic rings. The Kier molecular flexibility index (Phi) is 54.5. The predicted molar refractivity (Wildman–Crippen MR) is 575 cm³/mol. The SMILES string of the molecule is C=C1C=CN(C(C)C)C(=O)N1.C=C1C=NN(C(C)C)C(=O)N1.C=C1NC(=O)N(C(C)C)C=C1Br.C=C1NC(=O)N(C(C)C)C=C1F.C=C1NC(=O)N(C(C)C)N=C1C.C=C1NC(=S)N(C(C)C)N=C1C.CC(=O)CC1C=CN(C(C)C)C(=O)N1.CC(C)N1C(=O)NC(C)(C)C1=O.CC(C)N1CC(=O)NC1=O.CC(C)N1CCCC1=O.CC(C)n1nc[nH]c1=O.Cc1ccn(C(C)C)c(=O)n1.Cc1nc(=O)n(C(C)C)cc1F. The molecule has 13 heterocycles. The van der Waals surface area contributed by atoms with Gasteiger partial charge in [-0.25, -0.2) is 81.2 Å². The molecule has 13 rings (SSSR count). The number of imide groups is 2. The number of halogens is 3. The number of likely N-dealkylation sites (tertiary alicyclic amines) is 1. The number of amides is 19. The van der Waals surface area contributed by atoms with E-state index in [1.165, 1.54) is 66.6 Å². The van der Waals surface area contributed by atoms with Crippen LogP contribution in [0.5, 0.6) is 0 Å². The van der Waals surface area contributed by atoms with E-state index in [0.29, 0.717) is 46.3 Å². The molecular formula is C99H156BrF2N29O15S. The van der Waals surface area contributed by atoms with E-state index in [-0.39, 0.29) is 174 Å². The molecule has 0 bridgehead atoms. The molecular weight excluding hydrogens is 1990 g/mol. The third kappa shape index (κ3) is 43.9. The summed E-state index contributed by atoms with van der Waals surface area (Å²) >= 11 is 8.38. The van der Waals surface area contributed by atoms with Crippen molar-refractivity contribution in [1.29, 1.82) is 0 Å². The van der Waals surface area contributed by atoms with Gasteiger partial charge in [0.1, 0.15) is 24.2 Å². The van der Waals surface area contributed by atoms with Crippen LogP contribution in [-0.2, 0) is 19.2 Å². The van der Waals surface area contributed by atoms with Crippen LogP contribution in [0.1, 0.15) is 263 Å². The largest absolute Gasteiger partial charge is 0.348 e. The number of H-pyrrole nitrogens is 1. The predicted octanol–water partition coefficient (Wildman–Crippen LogP) is 14.6. The number of allylic oxidation sites excluding steroid dienone is 6. The van der Waals surface area contributed by atoms with E-state index in [9.17, 15) is 80.7 Å². The number of nitrogens with zero attached hydrogens (tertiary/aromatic N) is 19. The number of hydrogen-bond acceptors (Lipinski definition) is 22. The fourth-order valence-electron chi connectivity index (χ4n) is 12.4. The number of nitrogens with one attached hydrogen (secondary N) is 10. The molecule has 0 aromatic carbocycles. The summed E-state index contributed by atoms with van der Waals surface area (Å²) in [7, 11) is 0. The molecule has 0 radical (unpaired) electrons. The second kappa shape index (κ2) is 61.3. The van der Waals surface area contributed by atoms with Crippen LogP contribution in [0.4, 0.5) is 47.1 Å². The Morgan fingerprint density at radius 2 is 0.980 bits per heavy atom. The van der Waals surface area contributed by atoms with Gasteiger partial charge in [-0.1, -0.05) is 39.5 Å². The van der Waals surface area contributed by atoms with Crippen LogP contribution in [0.25, 0.3) is 0 Å². The zero-order valence-electron chi connectivity index (χ0n) is 91.4. The fraction of sp³-hybridized carbons (Fsp3) is 0.535. The topological polar surface area (TPSA) is 503 Å². The molecule has 3 aromatic rings. The average Bonchev–Trinajstić information content (AvgIpc) is 1.64. The molecule has 0 aliphatic carbocycles. The summed E-state index contributed by atoms with van der Waals surface area (Å²) in [4.78, 5) is 187. The van der Waals surface area contributed by atoms with Gasteiger partial charge in [-0.15, -0.1) is 0 Å². The molecule has 3 aromatic heterocycles. The van der Waals surface area contributed by atoms with Crippen LogP contribution in [-0.4, -0.2) is 263 Å². The van der Waals surface area contributed by atoms with Gasteiger partial charge in [-0.3, -0.25) is 63.1 Å². The lowest BCUT2D eigenvalue weighted by Gasteiger charge is -2.29. The van der Waals surface area contributed by atoms with Crippen molar-refractivity contribution in [2.75, 3.05) is 13.1 Å². The number of thiocarbonyl (C=S) groups is 1. The van der Waals surface area contributed by atoms with Crippen molar-refractivity contribution in [2.24, 2.45) is 15.3 Å². The summed E-state index contributed by atoms with van der Waals surface area (Å²) in [5, 5.41) is 44.5. The van der Waals surface area contributed by atoms with E-state index >= 15 is 0 Å². The van der Waals surface area contributed by atoms with Gasteiger partial charge < -0.3 is 52.3 Å². The maximum absolute atomic E-state index is 12.9. The second-order valence-corrected chi connectivity index (χ2v) is 39.4. The first-order valence-corrected chi connectivity index (χ1v) is 49.1. The van der Waals surface area contributed by atoms with Crippen molar-refractivity contribution in [3.8, 4) is 0 Å². The third-order valence-electron chi connectivity index (χ3n) is 20.7. The average molecular weight is 2140 g/mol. The van der Waals surface area contributed by atoms with Crippen molar-refractivity contribution in [3.05, 3.63) is 194 Å². The Balaban J connectivity index is 0.000000797. The highest BCUT2D eigenvalue weighted by molar-refractivity contribution is 9.12. The van der Waals surface area contributed by atoms with Gasteiger partial charge in [0, 0.05) is 128 Å². The third-order valence-corrected chi connectivity index (χ3v) is 21.7. The van der Waals surface area contributed by atoms with Crippen LogP contribution >= 0.6 is 28.1 Å². The van der Waals surface area contributed by atoms with Gasteiger partial charge in [-0.05, 0) is 281 Å². The van der Waals surface area contributed by atoms with E-state index in [0.717, 1.165) is 52.9 Å². The standard InChI is InChI=1S/C10H16N2O2.C8H11BrN2O.2C8H11FN2O.C8H13N3O.C8H13N3S.C8H14N2O2.2C8H12N2O.C7H11N3O.C7H13NO.C6H10N2O2.C5H9N3O/c1-7(2)12-5-4-9(6-8(3)13)11-10(12)14;3*1-5(2)11-4-7(9)6(3)10-8(11)12;2*1-5(2)11-8(12)9-6(3)7(4)10-11;1-5(2)10-6(11)8(3,4)9-7(10)12;2*1-6(2)10-5-4-7(3)9-8(10)11;1-5(2)10-7(11)9-6(3)4-8-10;1-6(2)8-5-3-4-7(8)9;1-4(2)8-3-5(9)7-6(8)10;1-4(2)8-5(9)6-3-7-8/h4-5,7,9H,6H2,1-3H3,(H,11,14);4-5H,3H2,1-2H3,(H,10,12);4-5H,1-3H3;4-5H,3H2,1-2H3,(H,10,12);2*5H,3H2,1-2,4H3,(H,9,12);5H,1-4H3,(H,9,12);4-6H,1-3H3;4-6H,3H2,1-2H3,(H,9,11);4-5H,3H2,1-2H3,(H,9,11);6H,3-5H2,1-2H3;4H,3H2,1-2H3,(H,7,9,10);3-4H,1-2H3,(H,6,7,9). The van der Waals surface area contributed by atoms with Gasteiger partial charge in [0.2, 0.25) is 11.8 Å². The van der Waals surface area contributed by atoms with Crippen molar-refractivity contribution >= 4 is 123 Å². The van der Waals surface area contributed by atoms with E-state index in [4.69, 9.17) is 12.2 Å². The van der Waals surface area contributed by atoms with Gasteiger partial charge >= 0.3 is 65.3 Å². The molecule has 147 heavy (non-hydrogen) atoms. The Labute approximate surface area is 875 Å². The molecule has 1 atom stereocenters. The zero-order valence-corrected chi connectivity index (χ0v) is 93.8. The maximum atomic E-state index is 12.9. The summed E-state index contributed by atoms with van der Waals surface area (Å²) in [5.74, 6) is -0.893. The van der Waals surface area contributed by atoms with Crippen molar-refractivity contribution in [2.45, 2.75) is 338 Å². The first-order valence-electron chi connectivity index (χ1n) is 47.9. The smallest absolute Gasteiger partial charge is 0.340 e. The van der Waals surface area contributed by atoms with Gasteiger partial charge in [-0.2, -0.15) is 30.4 Å². The van der Waals surface area contributed by atoms with Gasteiger partial charge in [0.05, 0.1) is 80.5 Å². The van der Waals surface area contributed by atoms with Gasteiger partial charge in [0.25, 0.3) is 5.91 Å². The highest BCUT2D eigenvalue weighted by atomic mass is 79.9. The molecule has 19 amide bonds. The molecule has 10 N–H and O–H groups in total. The molecule has 814 valence electrons. The molecule has 48 heteroatoms. The molecule has 3 fully saturated rings. The summed E-state index contributed by atoms with van der Waals surface area (Å²) in [6.07, 6.45) is 18.1. The first kappa shape index (κ1) is 131. The number of aromatic nitrogens is 7. The molecule has 0 spiro atoms. The number of carbonyl (C=O) groups is 12. The monoisotopic (exact) mass is 2140 g/mol.